The van der Waals surface area contributed by atoms with E-state index in [1.807, 2.05) is 0 Å². The molecule has 0 bridgehead atoms. The third-order valence-corrected chi connectivity index (χ3v) is 4.84. The molecule has 0 radical (unpaired) electrons. The number of rotatable bonds is 3. The van der Waals surface area contributed by atoms with Gasteiger partial charge in [0.15, 0.2) is 0 Å². The fourth-order valence-electron chi connectivity index (χ4n) is 3.53. The molecule has 2 fully saturated rings. The highest BCUT2D eigenvalue weighted by molar-refractivity contribution is 5.78. The van der Waals surface area contributed by atoms with E-state index in [2.05, 4.69) is 53.5 Å². The van der Waals surface area contributed by atoms with Gasteiger partial charge in [0.05, 0.1) is 11.2 Å². The van der Waals surface area contributed by atoms with E-state index >= 15 is 0 Å². The van der Waals surface area contributed by atoms with Gasteiger partial charge in [0.25, 0.3) is 0 Å². The predicted molar refractivity (Wildman–Crippen MR) is 86.1 cm³/mol. The number of piperazine rings is 1. The van der Waals surface area contributed by atoms with Crippen LogP contribution in [0.4, 0.5) is 0 Å². The van der Waals surface area contributed by atoms with Crippen LogP contribution in [0.15, 0.2) is 36.4 Å². The lowest BCUT2D eigenvalue weighted by molar-refractivity contribution is 0.111. The van der Waals surface area contributed by atoms with Gasteiger partial charge in [-0.2, -0.15) is 0 Å². The van der Waals surface area contributed by atoms with Crippen molar-refractivity contribution in [1.82, 2.24) is 15.2 Å². The summed E-state index contributed by atoms with van der Waals surface area (Å²) in [6.45, 7) is 5.54. The number of nitrogens with one attached hydrogen (secondary N) is 1. The summed E-state index contributed by atoms with van der Waals surface area (Å²) in [4.78, 5) is 7.50. The first-order valence-electron chi connectivity index (χ1n) is 8.12. The number of nitrogens with zero attached hydrogens (tertiary/aromatic N) is 2. The number of benzene rings is 1. The molecule has 1 N–H and O–H groups in total. The summed E-state index contributed by atoms with van der Waals surface area (Å²) in [7, 11) is 0. The van der Waals surface area contributed by atoms with Crippen molar-refractivity contribution >= 4 is 10.9 Å². The Morgan fingerprint density at radius 3 is 2.90 bits per heavy atom. The number of hydrogen-bond donors (Lipinski definition) is 1. The lowest BCUT2D eigenvalue weighted by atomic mass is 10.0. The summed E-state index contributed by atoms with van der Waals surface area (Å²) in [6, 6.07) is 14.1. The standard InChI is InChI=1S/C18H23N3/c1-13-11-21(18(10-19-13)15-6-7-15)12-16-9-8-14-4-2-3-5-17(14)20-16/h2-5,8-9,13,15,18-19H,6-7,10-12H2,1H3. The van der Waals surface area contributed by atoms with Gasteiger partial charge in [-0.3, -0.25) is 9.88 Å². The van der Waals surface area contributed by atoms with Crippen LogP contribution in [0.2, 0.25) is 0 Å². The molecule has 3 nitrogen and oxygen atoms in total. The van der Waals surface area contributed by atoms with Crippen molar-refractivity contribution in [2.75, 3.05) is 13.1 Å². The average molecular weight is 281 g/mol. The fraction of sp³-hybridized carbons (Fsp3) is 0.500. The van der Waals surface area contributed by atoms with Crippen molar-refractivity contribution in [2.24, 2.45) is 5.92 Å². The summed E-state index contributed by atoms with van der Waals surface area (Å²) < 4.78 is 0. The molecule has 1 aromatic carbocycles. The van der Waals surface area contributed by atoms with E-state index in [0.29, 0.717) is 12.1 Å². The van der Waals surface area contributed by atoms with Gasteiger partial charge in [0.1, 0.15) is 0 Å². The molecule has 2 atom stereocenters. The van der Waals surface area contributed by atoms with E-state index in [9.17, 15) is 0 Å². The van der Waals surface area contributed by atoms with E-state index in [4.69, 9.17) is 4.98 Å². The van der Waals surface area contributed by atoms with Crippen molar-refractivity contribution in [2.45, 2.75) is 38.4 Å². The summed E-state index contributed by atoms with van der Waals surface area (Å²) >= 11 is 0. The van der Waals surface area contributed by atoms with Crippen molar-refractivity contribution in [3.8, 4) is 0 Å². The third kappa shape index (κ3) is 2.81. The Morgan fingerprint density at radius 2 is 2.05 bits per heavy atom. The highest BCUT2D eigenvalue weighted by atomic mass is 15.2. The Balaban J connectivity index is 1.56. The van der Waals surface area contributed by atoms with Crippen molar-refractivity contribution in [3.63, 3.8) is 0 Å². The second-order valence-corrected chi connectivity index (χ2v) is 6.64. The minimum atomic E-state index is 0.584. The third-order valence-electron chi connectivity index (χ3n) is 4.84. The second-order valence-electron chi connectivity index (χ2n) is 6.64. The van der Waals surface area contributed by atoms with Crippen molar-refractivity contribution < 1.29 is 0 Å². The van der Waals surface area contributed by atoms with Crippen LogP contribution in [0.1, 0.15) is 25.5 Å². The normalized spacial score (nSPS) is 27.1. The Hall–Kier alpha value is -1.45. The maximum absolute atomic E-state index is 4.85. The van der Waals surface area contributed by atoms with Gasteiger partial charge in [-0.15, -0.1) is 0 Å². The van der Waals surface area contributed by atoms with Gasteiger partial charge in [0, 0.05) is 37.1 Å². The molecular weight excluding hydrogens is 258 g/mol. The largest absolute Gasteiger partial charge is 0.311 e. The number of hydrogen-bond acceptors (Lipinski definition) is 3. The van der Waals surface area contributed by atoms with Crippen molar-refractivity contribution in [1.29, 1.82) is 0 Å². The van der Waals surface area contributed by atoms with Crippen LogP contribution in [0.25, 0.3) is 10.9 Å². The first kappa shape index (κ1) is 13.2. The van der Waals surface area contributed by atoms with Crippen LogP contribution in [0.3, 0.4) is 0 Å². The zero-order valence-corrected chi connectivity index (χ0v) is 12.6. The number of fused-ring (bicyclic) bond motifs is 1. The van der Waals surface area contributed by atoms with Gasteiger partial charge in [-0.25, -0.2) is 0 Å². The summed E-state index contributed by atoms with van der Waals surface area (Å²) in [6.07, 6.45) is 2.81. The van der Waals surface area contributed by atoms with Gasteiger partial charge in [0.2, 0.25) is 0 Å². The molecule has 4 rings (SSSR count). The lowest BCUT2D eigenvalue weighted by Crippen LogP contribution is -2.55. The molecule has 21 heavy (non-hydrogen) atoms. The molecule has 1 aliphatic carbocycles. The molecule has 2 aromatic rings. The van der Waals surface area contributed by atoms with Crippen LogP contribution in [0, 0.1) is 5.92 Å². The highest BCUT2D eigenvalue weighted by Crippen LogP contribution is 2.36. The Kier molecular flexibility index (Phi) is 3.40. The molecule has 2 heterocycles. The minimum absolute atomic E-state index is 0.584. The molecular formula is C18H23N3. The monoisotopic (exact) mass is 281 g/mol. The van der Waals surface area contributed by atoms with E-state index < -0.39 is 0 Å². The maximum Gasteiger partial charge on any atom is 0.0705 e. The van der Waals surface area contributed by atoms with E-state index in [1.54, 1.807) is 0 Å². The molecule has 110 valence electrons. The van der Waals surface area contributed by atoms with Crippen LogP contribution in [0.5, 0.6) is 0 Å². The number of aromatic nitrogens is 1. The molecule has 0 spiro atoms. The molecule has 2 unspecified atom stereocenters. The summed E-state index contributed by atoms with van der Waals surface area (Å²) in [5.41, 5.74) is 2.31. The molecule has 1 aromatic heterocycles. The summed E-state index contributed by atoms with van der Waals surface area (Å²) in [5.74, 6) is 0.908. The average Bonchev–Trinajstić information content (AvgIpc) is 3.32. The molecule has 1 saturated carbocycles. The SMILES string of the molecule is CC1CN(Cc2ccc3ccccc3n2)C(C2CC2)CN1. The predicted octanol–water partition coefficient (Wildman–Crippen LogP) is 2.81. The van der Waals surface area contributed by atoms with Crippen LogP contribution >= 0.6 is 0 Å². The van der Waals surface area contributed by atoms with E-state index in [0.717, 1.165) is 31.1 Å². The quantitative estimate of drug-likeness (QED) is 0.937. The van der Waals surface area contributed by atoms with Crippen LogP contribution < -0.4 is 5.32 Å². The zero-order valence-electron chi connectivity index (χ0n) is 12.6. The van der Waals surface area contributed by atoms with Gasteiger partial charge in [-0.05, 0) is 37.8 Å². The van der Waals surface area contributed by atoms with Crippen LogP contribution in [-0.2, 0) is 6.54 Å². The van der Waals surface area contributed by atoms with E-state index in [1.165, 1.54) is 23.9 Å². The molecule has 1 saturated heterocycles. The Labute approximate surface area is 126 Å². The molecule has 3 heteroatoms. The Bertz CT molecular complexity index is 635. The minimum Gasteiger partial charge on any atom is -0.311 e. The molecule has 0 amide bonds. The topological polar surface area (TPSA) is 28.2 Å². The summed E-state index contributed by atoms with van der Waals surface area (Å²) in [5, 5.41) is 4.87. The van der Waals surface area contributed by atoms with Crippen LogP contribution in [-0.4, -0.2) is 35.1 Å². The molecule has 2 aliphatic rings. The second kappa shape index (κ2) is 5.39. The zero-order chi connectivity index (χ0) is 14.2. The first-order valence-corrected chi connectivity index (χ1v) is 8.12. The number of pyridine rings is 1. The Morgan fingerprint density at radius 1 is 1.19 bits per heavy atom. The van der Waals surface area contributed by atoms with Gasteiger partial charge < -0.3 is 5.32 Å². The van der Waals surface area contributed by atoms with Gasteiger partial charge in [-0.1, -0.05) is 24.3 Å². The molecule has 1 aliphatic heterocycles. The van der Waals surface area contributed by atoms with Crippen molar-refractivity contribution in [3.05, 3.63) is 42.1 Å². The number of para-hydroxylation sites is 1. The van der Waals surface area contributed by atoms with Gasteiger partial charge >= 0.3 is 0 Å². The van der Waals surface area contributed by atoms with E-state index in [-0.39, 0.29) is 0 Å². The first-order chi connectivity index (χ1) is 10.3. The highest BCUT2D eigenvalue weighted by Gasteiger charge is 2.37. The fourth-order valence-corrected chi connectivity index (χ4v) is 3.53. The smallest absolute Gasteiger partial charge is 0.0705 e. The maximum atomic E-state index is 4.85. The lowest BCUT2D eigenvalue weighted by Gasteiger charge is -2.39.